The summed E-state index contributed by atoms with van der Waals surface area (Å²) in [6.45, 7) is 0.766. The lowest BCUT2D eigenvalue weighted by Gasteiger charge is -2.22. The second-order valence-electron chi connectivity index (χ2n) is 4.84. The van der Waals surface area contributed by atoms with Gasteiger partial charge in [0.15, 0.2) is 5.75 Å². The standard InChI is InChI=1S/C15H14ClN3O2/c16-13-7-11(8-17)4-5-14(13)21-12-9-18-19(10-12)15-3-1-2-6-20-15/h4-5,7,9-10,15H,1-3,6H2. The molecule has 0 N–H and O–H groups in total. The lowest BCUT2D eigenvalue weighted by Crippen LogP contribution is -2.18. The lowest BCUT2D eigenvalue weighted by molar-refractivity contribution is -0.0395. The van der Waals surface area contributed by atoms with Crippen LogP contribution < -0.4 is 4.74 Å². The number of benzene rings is 1. The van der Waals surface area contributed by atoms with Crippen molar-refractivity contribution in [3.63, 3.8) is 0 Å². The predicted molar refractivity (Wildman–Crippen MR) is 77.3 cm³/mol. The normalized spacial score (nSPS) is 18.2. The molecule has 108 valence electrons. The number of ether oxygens (including phenoxy) is 2. The molecule has 0 amide bonds. The predicted octanol–water partition coefficient (Wildman–Crippen LogP) is 3.90. The molecule has 0 spiro atoms. The lowest BCUT2D eigenvalue weighted by atomic mass is 10.2. The average molecular weight is 304 g/mol. The molecule has 21 heavy (non-hydrogen) atoms. The third kappa shape index (κ3) is 3.18. The molecule has 2 aromatic rings. The van der Waals surface area contributed by atoms with Gasteiger partial charge >= 0.3 is 0 Å². The summed E-state index contributed by atoms with van der Waals surface area (Å²) in [5.41, 5.74) is 0.499. The van der Waals surface area contributed by atoms with E-state index in [0.717, 1.165) is 25.9 Å². The highest BCUT2D eigenvalue weighted by Gasteiger charge is 2.17. The molecule has 1 aromatic carbocycles. The smallest absolute Gasteiger partial charge is 0.165 e. The maximum Gasteiger partial charge on any atom is 0.165 e. The molecule has 0 radical (unpaired) electrons. The van der Waals surface area contributed by atoms with Gasteiger partial charge in [0, 0.05) is 6.61 Å². The number of nitriles is 1. The zero-order valence-electron chi connectivity index (χ0n) is 11.3. The molecule has 1 aromatic heterocycles. The van der Waals surface area contributed by atoms with Crippen LogP contribution in [0.4, 0.5) is 0 Å². The number of aromatic nitrogens is 2. The van der Waals surface area contributed by atoms with E-state index in [9.17, 15) is 0 Å². The van der Waals surface area contributed by atoms with Crippen molar-refractivity contribution < 1.29 is 9.47 Å². The van der Waals surface area contributed by atoms with E-state index in [1.165, 1.54) is 0 Å². The summed E-state index contributed by atoms with van der Waals surface area (Å²) >= 11 is 6.09. The molecule has 3 rings (SSSR count). The van der Waals surface area contributed by atoms with Gasteiger partial charge < -0.3 is 9.47 Å². The van der Waals surface area contributed by atoms with Crippen molar-refractivity contribution in [2.75, 3.05) is 6.61 Å². The minimum Gasteiger partial charge on any atom is -0.452 e. The van der Waals surface area contributed by atoms with Gasteiger partial charge in [-0.2, -0.15) is 10.4 Å². The van der Waals surface area contributed by atoms with E-state index in [2.05, 4.69) is 5.10 Å². The van der Waals surface area contributed by atoms with Gasteiger partial charge in [-0.15, -0.1) is 0 Å². The molecule has 0 bridgehead atoms. The van der Waals surface area contributed by atoms with Crippen LogP contribution >= 0.6 is 11.6 Å². The van der Waals surface area contributed by atoms with Gasteiger partial charge in [0.25, 0.3) is 0 Å². The largest absolute Gasteiger partial charge is 0.452 e. The summed E-state index contributed by atoms with van der Waals surface area (Å²) in [6, 6.07) is 6.95. The van der Waals surface area contributed by atoms with Crippen LogP contribution in [-0.2, 0) is 4.74 Å². The number of rotatable bonds is 3. The van der Waals surface area contributed by atoms with E-state index in [-0.39, 0.29) is 6.23 Å². The van der Waals surface area contributed by atoms with Crippen LogP contribution in [0.1, 0.15) is 31.1 Å². The Morgan fingerprint density at radius 1 is 1.43 bits per heavy atom. The van der Waals surface area contributed by atoms with Gasteiger partial charge in [-0.05, 0) is 37.5 Å². The van der Waals surface area contributed by atoms with Crippen molar-refractivity contribution >= 4 is 11.6 Å². The molecule has 2 heterocycles. The van der Waals surface area contributed by atoms with Crippen LogP contribution in [-0.4, -0.2) is 16.4 Å². The highest BCUT2D eigenvalue weighted by atomic mass is 35.5. The van der Waals surface area contributed by atoms with Crippen molar-refractivity contribution in [3.8, 4) is 17.6 Å². The van der Waals surface area contributed by atoms with E-state index < -0.39 is 0 Å². The molecule has 5 nitrogen and oxygen atoms in total. The van der Waals surface area contributed by atoms with Gasteiger partial charge in [0.2, 0.25) is 0 Å². The molecular formula is C15H14ClN3O2. The van der Waals surface area contributed by atoms with Gasteiger partial charge in [-0.1, -0.05) is 11.6 Å². The van der Waals surface area contributed by atoms with E-state index >= 15 is 0 Å². The number of hydrogen-bond acceptors (Lipinski definition) is 4. The molecule has 1 atom stereocenters. The second kappa shape index (κ2) is 6.17. The Bertz CT molecular complexity index is 672. The zero-order valence-corrected chi connectivity index (χ0v) is 12.1. The molecule has 0 aliphatic carbocycles. The van der Waals surface area contributed by atoms with Gasteiger partial charge in [0.05, 0.1) is 29.0 Å². The number of halogens is 1. The van der Waals surface area contributed by atoms with E-state index in [1.807, 2.05) is 6.07 Å². The van der Waals surface area contributed by atoms with Gasteiger partial charge in [-0.3, -0.25) is 0 Å². The molecule has 6 heteroatoms. The first-order valence-corrected chi connectivity index (χ1v) is 7.17. The fraction of sp³-hybridized carbons (Fsp3) is 0.333. The fourth-order valence-corrected chi connectivity index (χ4v) is 2.46. The van der Waals surface area contributed by atoms with Crippen molar-refractivity contribution in [2.45, 2.75) is 25.5 Å². The van der Waals surface area contributed by atoms with Crippen molar-refractivity contribution in [2.24, 2.45) is 0 Å². The minimum absolute atomic E-state index is 0.0208. The maximum atomic E-state index is 8.81. The summed E-state index contributed by atoms with van der Waals surface area (Å²) in [7, 11) is 0. The first-order valence-electron chi connectivity index (χ1n) is 6.79. The topological polar surface area (TPSA) is 60.1 Å². The monoisotopic (exact) mass is 303 g/mol. The van der Waals surface area contributed by atoms with Crippen LogP contribution in [0.3, 0.4) is 0 Å². The summed E-state index contributed by atoms with van der Waals surface area (Å²) in [4.78, 5) is 0. The van der Waals surface area contributed by atoms with Crippen molar-refractivity contribution in [1.29, 1.82) is 5.26 Å². The van der Waals surface area contributed by atoms with Crippen LogP contribution in [0.5, 0.6) is 11.5 Å². The number of hydrogen-bond donors (Lipinski definition) is 0. The Kier molecular flexibility index (Phi) is 4.09. The highest BCUT2D eigenvalue weighted by molar-refractivity contribution is 6.32. The number of nitrogens with zero attached hydrogens (tertiary/aromatic N) is 3. The first kappa shape index (κ1) is 13.9. The SMILES string of the molecule is N#Cc1ccc(Oc2cnn(C3CCCCO3)c2)c(Cl)c1. The Labute approximate surface area is 127 Å². The third-order valence-corrected chi connectivity index (χ3v) is 3.61. The molecule has 1 unspecified atom stereocenters. The fourth-order valence-electron chi connectivity index (χ4n) is 2.24. The van der Waals surface area contributed by atoms with Gasteiger partial charge in [0.1, 0.15) is 12.0 Å². The highest BCUT2D eigenvalue weighted by Crippen LogP contribution is 2.31. The van der Waals surface area contributed by atoms with E-state index in [1.54, 1.807) is 35.3 Å². The summed E-state index contributed by atoms with van der Waals surface area (Å²) in [6.07, 6.45) is 6.60. The van der Waals surface area contributed by atoms with Crippen molar-refractivity contribution in [3.05, 3.63) is 41.2 Å². The Hall–Kier alpha value is -2.03. The maximum absolute atomic E-state index is 8.81. The quantitative estimate of drug-likeness (QED) is 0.863. The summed E-state index contributed by atoms with van der Waals surface area (Å²) in [5.74, 6) is 1.09. The third-order valence-electron chi connectivity index (χ3n) is 3.32. The van der Waals surface area contributed by atoms with Gasteiger partial charge in [-0.25, -0.2) is 4.68 Å². The molecule has 1 saturated heterocycles. The first-order chi connectivity index (χ1) is 10.3. The second-order valence-corrected chi connectivity index (χ2v) is 5.24. The summed E-state index contributed by atoms with van der Waals surface area (Å²) in [5, 5.41) is 13.5. The van der Waals surface area contributed by atoms with Crippen LogP contribution in [0.2, 0.25) is 5.02 Å². The zero-order chi connectivity index (χ0) is 14.7. The van der Waals surface area contributed by atoms with Crippen molar-refractivity contribution in [1.82, 2.24) is 9.78 Å². The molecule has 1 fully saturated rings. The Balaban J connectivity index is 1.73. The average Bonchev–Trinajstić information content (AvgIpc) is 2.99. The summed E-state index contributed by atoms with van der Waals surface area (Å²) < 4.78 is 13.1. The minimum atomic E-state index is -0.0208. The molecule has 1 aliphatic heterocycles. The van der Waals surface area contributed by atoms with Crippen LogP contribution in [0, 0.1) is 11.3 Å². The van der Waals surface area contributed by atoms with Crippen LogP contribution in [0.25, 0.3) is 0 Å². The molecule has 1 aliphatic rings. The molecular weight excluding hydrogens is 290 g/mol. The van der Waals surface area contributed by atoms with E-state index in [0.29, 0.717) is 22.1 Å². The van der Waals surface area contributed by atoms with E-state index in [4.69, 9.17) is 26.3 Å². The van der Waals surface area contributed by atoms with Crippen LogP contribution in [0.15, 0.2) is 30.6 Å². The molecule has 0 saturated carbocycles. The Morgan fingerprint density at radius 2 is 2.33 bits per heavy atom. The Morgan fingerprint density at radius 3 is 3.05 bits per heavy atom.